The highest BCUT2D eigenvalue weighted by Gasteiger charge is 2.20. The van der Waals surface area contributed by atoms with E-state index >= 15 is 0 Å². The quantitative estimate of drug-likeness (QED) is 0.773. The zero-order chi connectivity index (χ0) is 18.3. The lowest BCUT2D eigenvalue weighted by molar-refractivity contribution is 0.193. The first-order valence-corrected chi connectivity index (χ1v) is 8.61. The van der Waals surface area contributed by atoms with Crippen molar-refractivity contribution in [2.45, 2.75) is 45.3 Å². The van der Waals surface area contributed by atoms with E-state index in [0.717, 1.165) is 25.7 Å². The standard InChI is InChI=1S/C18H19F2N5O/c1-10-6-7-13(19)12(14(10)20)8-25-9-22-15-16(21)23-18(24-17(15)25)26-11-4-2-3-5-11/h6-7,9,11H,2-5,8H2,1H3,(H2,21,23,24). The molecule has 1 saturated carbocycles. The van der Waals surface area contributed by atoms with Crippen LogP contribution in [0.15, 0.2) is 18.5 Å². The highest BCUT2D eigenvalue weighted by molar-refractivity contribution is 5.82. The average molecular weight is 359 g/mol. The largest absolute Gasteiger partial charge is 0.460 e. The van der Waals surface area contributed by atoms with Crippen LogP contribution in [0.1, 0.15) is 36.8 Å². The van der Waals surface area contributed by atoms with Gasteiger partial charge in [0.2, 0.25) is 0 Å². The number of nitrogens with zero attached hydrogens (tertiary/aromatic N) is 4. The molecule has 26 heavy (non-hydrogen) atoms. The Hall–Kier alpha value is -2.77. The zero-order valence-electron chi connectivity index (χ0n) is 14.4. The van der Waals surface area contributed by atoms with Crippen LogP contribution in [-0.4, -0.2) is 25.6 Å². The van der Waals surface area contributed by atoms with Crippen LogP contribution in [0.25, 0.3) is 11.2 Å². The highest BCUT2D eigenvalue weighted by Crippen LogP contribution is 2.26. The topological polar surface area (TPSA) is 78.9 Å². The van der Waals surface area contributed by atoms with E-state index in [4.69, 9.17) is 10.5 Å². The number of rotatable bonds is 4. The van der Waals surface area contributed by atoms with Crippen molar-refractivity contribution in [3.05, 3.63) is 41.2 Å². The van der Waals surface area contributed by atoms with Crippen molar-refractivity contribution >= 4 is 17.0 Å². The maximum atomic E-state index is 14.3. The fourth-order valence-electron chi connectivity index (χ4n) is 3.30. The first-order valence-electron chi connectivity index (χ1n) is 8.61. The fourth-order valence-corrected chi connectivity index (χ4v) is 3.30. The molecule has 1 aliphatic rings. The summed E-state index contributed by atoms with van der Waals surface area (Å²) >= 11 is 0. The molecule has 0 atom stereocenters. The van der Waals surface area contributed by atoms with Crippen LogP contribution in [0.2, 0.25) is 0 Å². The lowest BCUT2D eigenvalue weighted by Gasteiger charge is -2.12. The van der Waals surface area contributed by atoms with Crippen LogP contribution in [0.3, 0.4) is 0 Å². The molecule has 0 spiro atoms. The minimum Gasteiger partial charge on any atom is -0.460 e. The summed E-state index contributed by atoms with van der Waals surface area (Å²) in [5, 5.41) is 0. The van der Waals surface area contributed by atoms with Crippen LogP contribution >= 0.6 is 0 Å². The summed E-state index contributed by atoms with van der Waals surface area (Å²) < 4.78 is 35.8. The number of halogens is 2. The normalized spacial score (nSPS) is 15.0. The molecule has 136 valence electrons. The van der Waals surface area contributed by atoms with Crippen LogP contribution in [-0.2, 0) is 6.54 Å². The molecule has 8 heteroatoms. The Balaban J connectivity index is 1.72. The van der Waals surface area contributed by atoms with Crippen molar-refractivity contribution in [2.24, 2.45) is 0 Å². The van der Waals surface area contributed by atoms with Crippen molar-refractivity contribution in [1.29, 1.82) is 0 Å². The lowest BCUT2D eigenvalue weighted by Crippen LogP contribution is -2.14. The Labute approximate surface area is 149 Å². The second-order valence-electron chi connectivity index (χ2n) is 6.62. The molecule has 0 bridgehead atoms. The predicted molar refractivity (Wildman–Crippen MR) is 92.8 cm³/mol. The van der Waals surface area contributed by atoms with Crippen LogP contribution in [0, 0.1) is 18.6 Å². The summed E-state index contributed by atoms with van der Waals surface area (Å²) in [6.45, 7) is 1.55. The van der Waals surface area contributed by atoms with E-state index in [2.05, 4.69) is 15.0 Å². The number of nitrogen functional groups attached to an aromatic ring is 1. The van der Waals surface area contributed by atoms with E-state index in [0.29, 0.717) is 16.7 Å². The molecule has 1 aromatic carbocycles. The molecular weight excluding hydrogens is 340 g/mol. The maximum absolute atomic E-state index is 14.3. The molecule has 0 unspecified atom stereocenters. The maximum Gasteiger partial charge on any atom is 0.320 e. The number of hydrogen-bond acceptors (Lipinski definition) is 5. The van der Waals surface area contributed by atoms with Gasteiger partial charge in [0.25, 0.3) is 0 Å². The smallest absolute Gasteiger partial charge is 0.320 e. The Morgan fingerprint density at radius 1 is 1.23 bits per heavy atom. The summed E-state index contributed by atoms with van der Waals surface area (Å²) in [7, 11) is 0. The number of fused-ring (bicyclic) bond motifs is 1. The third-order valence-electron chi connectivity index (χ3n) is 4.75. The van der Waals surface area contributed by atoms with Crippen molar-refractivity contribution in [2.75, 3.05) is 5.73 Å². The highest BCUT2D eigenvalue weighted by atomic mass is 19.1. The molecular formula is C18H19F2N5O. The summed E-state index contributed by atoms with van der Waals surface area (Å²) in [5.74, 6) is -0.998. The molecule has 0 saturated heterocycles. The number of imidazole rings is 1. The van der Waals surface area contributed by atoms with E-state index in [1.54, 1.807) is 11.5 Å². The van der Waals surface area contributed by atoms with Gasteiger partial charge in [0.15, 0.2) is 17.0 Å². The molecule has 0 radical (unpaired) electrons. The minimum atomic E-state index is -0.612. The van der Waals surface area contributed by atoms with Crippen molar-refractivity contribution in [1.82, 2.24) is 19.5 Å². The van der Waals surface area contributed by atoms with E-state index in [-0.39, 0.29) is 30.0 Å². The predicted octanol–water partition coefficient (Wildman–Crippen LogP) is 3.36. The van der Waals surface area contributed by atoms with Gasteiger partial charge >= 0.3 is 6.01 Å². The average Bonchev–Trinajstić information content (AvgIpc) is 3.25. The van der Waals surface area contributed by atoms with Gasteiger partial charge in [0.1, 0.15) is 17.7 Å². The molecule has 2 aromatic heterocycles. The second kappa shape index (κ2) is 6.51. The van der Waals surface area contributed by atoms with Crippen molar-refractivity contribution in [3.63, 3.8) is 0 Å². The molecule has 1 aliphatic carbocycles. The second-order valence-corrected chi connectivity index (χ2v) is 6.62. The van der Waals surface area contributed by atoms with Crippen LogP contribution in [0.5, 0.6) is 6.01 Å². The number of anilines is 1. The molecule has 1 fully saturated rings. The van der Waals surface area contributed by atoms with E-state index in [1.807, 2.05) is 0 Å². The lowest BCUT2D eigenvalue weighted by atomic mass is 10.1. The third kappa shape index (κ3) is 2.95. The number of nitrogens with two attached hydrogens (primary N) is 1. The molecule has 2 heterocycles. The molecule has 0 amide bonds. The Morgan fingerprint density at radius 2 is 2.00 bits per heavy atom. The van der Waals surface area contributed by atoms with Gasteiger partial charge in [-0.15, -0.1) is 0 Å². The Morgan fingerprint density at radius 3 is 2.77 bits per heavy atom. The first-order chi connectivity index (χ1) is 12.5. The number of aromatic nitrogens is 4. The number of benzene rings is 1. The van der Waals surface area contributed by atoms with Gasteiger partial charge in [0.05, 0.1) is 12.9 Å². The van der Waals surface area contributed by atoms with E-state index < -0.39 is 11.6 Å². The van der Waals surface area contributed by atoms with Crippen molar-refractivity contribution in [3.8, 4) is 6.01 Å². The summed E-state index contributed by atoms with van der Waals surface area (Å²) in [6, 6.07) is 2.84. The van der Waals surface area contributed by atoms with Gasteiger partial charge in [-0.3, -0.25) is 0 Å². The Bertz CT molecular complexity index is 966. The minimum absolute atomic E-state index is 0.0419. The monoisotopic (exact) mass is 359 g/mol. The zero-order valence-corrected chi connectivity index (χ0v) is 14.4. The number of hydrogen-bond donors (Lipinski definition) is 1. The molecule has 2 N–H and O–H groups in total. The number of aryl methyl sites for hydroxylation is 1. The molecule has 0 aliphatic heterocycles. The third-order valence-corrected chi connectivity index (χ3v) is 4.75. The summed E-state index contributed by atoms with van der Waals surface area (Å²) in [6.07, 6.45) is 5.69. The van der Waals surface area contributed by atoms with E-state index in [1.165, 1.54) is 18.5 Å². The summed E-state index contributed by atoms with van der Waals surface area (Å²) in [4.78, 5) is 12.7. The van der Waals surface area contributed by atoms with Gasteiger partial charge in [-0.05, 0) is 44.2 Å². The Kier molecular flexibility index (Phi) is 4.18. The van der Waals surface area contributed by atoms with Gasteiger partial charge in [-0.1, -0.05) is 6.07 Å². The van der Waals surface area contributed by atoms with Gasteiger partial charge < -0.3 is 15.0 Å². The molecule has 4 rings (SSSR count). The fraction of sp³-hybridized carbons (Fsp3) is 0.389. The van der Waals surface area contributed by atoms with Gasteiger partial charge in [0, 0.05) is 5.56 Å². The van der Waals surface area contributed by atoms with Crippen LogP contribution in [0.4, 0.5) is 14.6 Å². The van der Waals surface area contributed by atoms with Gasteiger partial charge in [-0.25, -0.2) is 13.8 Å². The molecule has 3 aromatic rings. The van der Waals surface area contributed by atoms with Crippen molar-refractivity contribution < 1.29 is 13.5 Å². The van der Waals surface area contributed by atoms with E-state index in [9.17, 15) is 8.78 Å². The SMILES string of the molecule is Cc1ccc(F)c(Cn2cnc3c(N)nc(OC4CCCC4)nc32)c1F. The van der Waals surface area contributed by atoms with Gasteiger partial charge in [-0.2, -0.15) is 9.97 Å². The van der Waals surface area contributed by atoms with Crippen LogP contribution < -0.4 is 10.5 Å². The number of ether oxygens (including phenoxy) is 1. The summed E-state index contributed by atoms with van der Waals surface area (Å²) in [5.41, 5.74) is 7.09. The molecule has 6 nitrogen and oxygen atoms in total. The first kappa shape index (κ1) is 16.7.